The molecule has 0 radical (unpaired) electrons. The van der Waals surface area contributed by atoms with Crippen molar-refractivity contribution >= 4 is 136 Å². The first-order valence-electron chi connectivity index (χ1n) is 38.6. The van der Waals surface area contributed by atoms with Gasteiger partial charge < -0.3 is 14.4 Å². The molecule has 2 heterocycles. The topological polar surface area (TPSA) is 24.3 Å². The first-order chi connectivity index (χ1) is 56.0. The molecule has 5 heteroatoms. The first kappa shape index (κ1) is 68.1. The number of benzene rings is 19. The molecule has 0 fully saturated rings. The smallest absolute Gasteiger partial charge is 0.0541 e. The van der Waals surface area contributed by atoms with Crippen LogP contribution in [0.3, 0.4) is 0 Å². The summed E-state index contributed by atoms with van der Waals surface area (Å²) in [6, 6.07) is 153. The van der Waals surface area contributed by atoms with Crippen LogP contribution in [-0.2, 0) is 6.42 Å². The van der Waals surface area contributed by atoms with E-state index in [1.165, 1.54) is 159 Å². The van der Waals surface area contributed by atoms with E-state index < -0.39 is 0 Å². The van der Waals surface area contributed by atoms with E-state index in [0.717, 1.165) is 45.0 Å². The number of para-hydroxylation sites is 3. The summed E-state index contributed by atoms with van der Waals surface area (Å²) in [6.07, 6.45) is 2.81. The Morgan fingerprint density at radius 2 is 0.628 bits per heavy atom. The highest BCUT2D eigenvalue weighted by Gasteiger charge is 2.25. The Bertz CT molecular complexity index is 7050. The van der Waals surface area contributed by atoms with Crippen LogP contribution >= 0.6 is 15.9 Å². The average Bonchev–Trinajstić information content (AvgIpc) is 1.72. The van der Waals surface area contributed by atoms with Gasteiger partial charge >= 0.3 is 0 Å². The molecular weight excluding hydrogens is 1430 g/mol. The summed E-state index contributed by atoms with van der Waals surface area (Å²) in [5.41, 5.74) is 25.6. The highest BCUT2D eigenvalue weighted by molar-refractivity contribution is 9.10. The minimum atomic E-state index is 0.917. The third-order valence-electron chi connectivity index (χ3n) is 22.3. The number of pyridine rings is 1. The lowest BCUT2D eigenvalue weighted by Crippen LogP contribution is -2.11. The molecule has 0 spiro atoms. The van der Waals surface area contributed by atoms with E-state index >= 15 is 0 Å². The summed E-state index contributed by atoms with van der Waals surface area (Å²) < 4.78 is 3.50. The van der Waals surface area contributed by atoms with Crippen LogP contribution in [0.1, 0.15) is 11.3 Å². The fourth-order valence-corrected chi connectivity index (χ4v) is 17.8. The van der Waals surface area contributed by atoms with Gasteiger partial charge in [0.1, 0.15) is 0 Å². The minimum Gasteiger partial charge on any atom is -0.310 e. The van der Waals surface area contributed by atoms with Crippen molar-refractivity contribution in [2.75, 3.05) is 9.80 Å². The quantitative estimate of drug-likeness (QED) is 0.121. The maximum Gasteiger partial charge on any atom is 0.0541 e. The van der Waals surface area contributed by atoms with Crippen LogP contribution in [0, 0.1) is 0 Å². The Labute approximate surface area is 665 Å². The van der Waals surface area contributed by atoms with Crippen molar-refractivity contribution in [1.82, 2.24) is 9.55 Å². The van der Waals surface area contributed by atoms with Crippen LogP contribution in [0.2, 0.25) is 0 Å². The van der Waals surface area contributed by atoms with Crippen LogP contribution in [0.4, 0.5) is 34.1 Å². The Morgan fingerprint density at radius 3 is 1.13 bits per heavy atom. The van der Waals surface area contributed by atoms with Gasteiger partial charge in [-0.15, -0.1) is 0 Å². The van der Waals surface area contributed by atoms with Crippen molar-refractivity contribution in [3.05, 3.63) is 447 Å². The van der Waals surface area contributed by atoms with Gasteiger partial charge in [0.25, 0.3) is 0 Å². The Kier molecular flexibility index (Phi) is 17.9. The molecule has 0 unspecified atom stereocenters. The van der Waals surface area contributed by atoms with Gasteiger partial charge in [-0.1, -0.05) is 337 Å². The van der Waals surface area contributed by atoms with E-state index in [1.54, 1.807) is 0 Å². The van der Waals surface area contributed by atoms with E-state index in [-0.39, 0.29) is 0 Å². The van der Waals surface area contributed by atoms with Crippen molar-refractivity contribution < 1.29 is 0 Å². The molecule has 21 aromatic rings. The van der Waals surface area contributed by atoms with E-state index in [2.05, 4.69) is 448 Å². The zero-order chi connectivity index (χ0) is 75.1. The standard InChI is InChI=1S/C54H36N2.C32H21N.C22H16BrN/c1-3-18-38(19-4-1)53-45-27-9-11-29-47(45)54(48-30-12-10-28-46(48)53)39-33-34-52-49(35-39)44-26-13-14-31-51(44)56(52)42-24-16-23-41(36-42)55(40-21-5-2-6-22-40)50-32-15-20-37-17-7-8-25-43(37)50;1-2-9-21(10-3-1)31-25-11-4-6-13-27(25)32(28-14-7-5-12-26(28)31)23-17-16-22-20-30-24(29(22)19-23)15-8-18-33-30;23-18-10-7-13-20(16-18)24(19-11-2-1-3-12-19)22-15-6-9-17-8-4-5-14-21(17)22/h1-36H;1-19H,20H2;1-16H. The molecule has 0 N–H and O–H groups in total. The second-order valence-electron chi connectivity index (χ2n) is 28.9. The van der Waals surface area contributed by atoms with E-state index in [4.69, 9.17) is 0 Å². The van der Waals surface area contributed by atoms with Crippen molar-refractivity contribution in [1.29, 1.82) is 0 Å². The molecule has 1 aliphatic carbocycles. The number of rotatable bonds is 11. The SMILES string of the molecule is Brc1cccc(N(c2ccccc2)c2cccc3ccccc23)c1.c1ccc(-c2c3ccccc3c(-c3ccc4c(c3)-c3cccnc3C4)c3ccccc23)cc1.c1ccc(-c2c3ccccc3c(-c3ccc4c(c3)c3ccccc3n4-c3cccc(N(c4ccccc4)c4cccc5ccccc45)c3)c3ccccc23)cc1. The number of hydrogen-bond acceptors (Lipinski definition) is 3. The highest BCUT2D eigenvalue weighted by atomic mass is 79.9. The predicted octanol–water partition coefficient (Wildman–Crippen LogP) is 30.4. The number of nitrogens with zero attached hydrogens (tertiary/aromatic N) is 4. The summed E-state index contributed by atoms with van der Waals surface area (Å²) in [5.74, 6) is 0. The van der Waals surface area contributed by atoms with Crippen LogP contribution < -0.4 is 9.80 Å². The van der Waals surface area contributed by atoms with E-state index in [1.807, 2.05) is 18.3 Å². The second-order valence-corrected chi connectivity index (χ2v) is 29.8. The molecule has 0 saturated heterocycles. The van der Waals surface area contributed by atoms with Gasteiger partial charge in [0.05, 0.1) is 28.1 Å². The van der Waals surface area contributed by atoms with Gasteiger partial charge in [0.15, 0.2) is 0 Å². The molecule has 2 aromatic heterocycles. The average molecular weight is 1510 g/mol. The minimum absolute atomic E-state index is 0.917. The van der Waals surface area contributed by atoms with Gasteiger partial charge in [0, 0.05) is 72.6 Å². The van der Waals surface area contributed by atoms with Crippen molar-refractivity contribution in [3.8, 4) is 61.3 Å². The van der Waals surface area contributed by atoms with Gasteiger partial charge in [0.2, 0.25) is 0 Å². The highest BCUT2D eigenvalue weighted by Crippen LogP contribution is 2.50. The Hall–Kier alpha value is -14.2. The molecule has 113 heavy (non-hydrogen) atoms. The van der Waals surface area contributed by atoms with Crippen molar-refractivity contribution in [2.24, 2.45) is 0 Å². The fourth-order valence-electron chi connectivity index (χ4n) is 17.5. The van der Waals surface area contributed by atoms with Gasteiger partial charge in [-0.05, 0) is 213 Å². The molecule has 0 saturated carbocycles. The van der Waals surface area contributed by atoms with Crippen LogP contribution in [0.25, 0.3) is 148 Å². The normalized spacial score (nSPS) is 11.5. The molecular formula is C108H73BrN4. The molecule has 0 amide bonds. The van der Waals surface area contributed by atoms with Crippen LogP contribution in [0.15, 0.2) is 435 Å². The maximum absolute atomic E-state index is 4.62. The van der Waals surface area contributed by atoms with Gasteiger partial charge in [-0.25, -0.2) is 0 Å². The predicted molar refractivity (Wildman–Crippen MR) is 484 cm³/mol. The molecule has 1 aliphatic rings. The Balaban J connectivity index is 0.000000122. The summed E-state index contributed by atoms with van der Waals surface area (Å²) in [7, 11) is 0. The molecule has 22 rings (SSSR count). The summed E-state index contributed by atoms with van der Waals surface area (Å²) in [5, 5.41) is 17.6. The number of halogens is 1. The number of anilines is 6. The first-order valence-corrected chi connectivity index (χ1v) is 39.4. The third kappa shape index (κ3) is 12.5. The molecule has 19 aromatic carbocycles. The largest absolute Gasteiger partial charge is 0.310 e. The van der Waals surface area contributed by atoms with Crippen molar-refractivity contribution in [2.45, 2.75) is 6.42 Å². The fraction of sp³-hybridized carbons (Fsp3) is 0.00926. The van der Waals surface area contributed by atoms with Crippen LogP contribution in [-0.4, -0.2) is 9.55 Å². The van der Waals surface area contributed by atoms with Gasteiger partial charge in [-0.2, -0.15) is 0 Å². The molecule has 4 nitrogen and oxygen atoms in total. The number of fused-ring (bicyclic) bond motifs is 12. The van der Waals surface area contributed by atoms with Gasteiger partial charge in [-0.3, -0.25) is 4.98 Å². The number of hydrogen-bond donors (Lipinski definition) is 0. The van der Waals surface area contributed by atoms with Crippen molar-refractivity contribution in [3.63, 3.8) is 0 Å². The lowest BCUT2D eigenvalue weighted by molar-refractivity contribution is 1.12. The third-order valence-corrected chi connectivity index (χ3v) is 22.8. The summed E-state index contributed by atoms with van der Waals surface area (Å²) >= 11 is 3.60. The zero-order valence-corrected chi connectivity index (χ0v) is 63.5. The lowest BCUT2D eigenvalue weighted by atomic mass is 9.85. The van der Waals surface area contributed by atoms with Crippen LogP contribution in [0.5, 0.6) is 0 Å². The summed E-state index contributed by atoms with van der Waals surface area (Å²) in [4.78, 5) is 9.30. The molecule has 0 bridgehead atoms. The Morgan fingerprint density at radius 1 is 0.248 bits per heavy atom. The van der Waals surface area contributed by atoms with E-state index in [9.17, 15) is 0 Å². The van der Waals surface area contributed by atoms with E-state index in [0.29, 0.717) is 0 Å². The molecule has 0 aliphatic heterocycles. The monoisotopic (exact) mass is 1500 g/mol. The lowest BCUT2D eigenvalue weighted by Gasteiger charge is -2.27. The second kappa shape index (κ2) is 29.6. The zero-order valence-electron chi connectivity index (χ0n) is 61.9. The number of aromatic nitrogens is 2. The summed E-state index contributed by atoms with van der Waals surface area (Å²) in [6.45, 7) is 0. The molecule has 532 valence electrons. The molecule has 0 atom stereocenters. The maximum atomic E-state index is 4.62.